The summed E-state index contributed by atoms with van der Waals surface area (Å²) in [5.41, 5.74) is -0.559. The average molecular weight is 427 g/mol. The van der Waals surface area contributed by atoms with Crippen LogP contribution in [-0.2, 0) is 9.53 Å². The first-order chi connectivity index (χ1) is 13.7. The SMILES string of the molecule is CC(C)(C)OC(=O)N1CCCC1C1CCCN1C(=O)CSc1ccc(F)c(F)c1. The second kappa shape index (κ2) is 8.90. The summed E-state index contributed by atoms with van der Waals surface area (Å²) in [5, 5.41) is 0. The van der Waals surface area contributed by atoms with Crippen LogP contribution in [0, 0.1) is 11.6 Å². The van der Waals surface area contributed by atoms with E-state index >= 15 is 0 Å². The molecule has 1 aromatic rings. The van der Waals surface area contributed by atoms with Crippen molar-refractivity contribution >= 4 is 23.8 Å². The van der Waals surface area contributed by atoms with Crippen LogP contribution in [0.2, 0.25) is 0 Å². The summed E-state index contributed by atoms with van der Waals surface area (Å²) in [7, 11) is 0. The predicted molar refractivity (Wildman–Crippen MR) is 108 cm³/mol. The number of halogens is 2. The molecular weight excluding hydrogens is 398 g/mol. The zero-order chi connectivity index (χ0) is 21.2. The minimum absolute atomic E-state index is 0.0249. The summed E-state index contributed by atoms with van der Waals surface area (Å²) >= 11 is 1.19. The van der Waals surface area contributed by atoms with Crippen molar-refractivity contribution in [2.75, 3.05) is 18.8 Å². The Morgan fingerprint density at radius 1 is 1.07 bits per heavy atom. The molecule has 0 spiro atoms. The minimum atomic E-state index is -0.916. The lowest BCUT2D eigenvalue weighted by molar-refractivity contribution is -0.130. The van der Waals surface area contributed by atoms with E-state index in [0.29, 0.717) is 18.0 Å². The molecule has 5 nitrogen and oxygen atoms in total. The van der Waals surface area contributed by atoms with Gasteiger partial charge in [-0.3, -0.25) is 4.79 Å². The maximum absolute atomic E-state index is 13.4. The molecule has 0 aliphatic carbocycles. The van der Waals surface area contributed by atoms with Gasteiger partial charge in [-0.2, -0.15) is 0 Å². The molecule has 2 saturated heterocycles. The molecule has 0 N–H and O–H groups in total. The summed E-state index contributed by atoms with van der Waals surface area (Å²) in [5.74, 6) is -1.71. The molecule has 29 heavy (non-hydrogen) atoms. The predicted octanol–water partition coefficient (Wildman–Crippen LogP) is 4.45. The fourth-order valence-electron chi connectivity index (χ4n) is 4.04. The van der Waals surface area contributed by atoms with Crippen LogP contribution in [-0.4, -0.2) is 58.3 Å². The van der Waals surface area contributed by atoms with Gasteiger partial charge in [-0.25, -0.2) is 13.6 Å². The van der Waals surface area contributed by atoms with Gasteiger partial charge in [0.15, 0.2) is 11.6 Å². The van der Waals surface area contributed by atoms with E-state index in [-0.39, 0.29) is 29.8 Å². The fraction of sp³-hybridized carbons (Fsp3) is 0.619. The van der Waals surface area contributed by atoms with E-state index in [2.05, 4.69) is 0 Å². The number of benzene rings is 1. The third-order valence-corrected chi connectivity index (χ3v) is 6.22. The lowest BCUT2D eigenvalue weighted by Crippen LogP contribution is -2.51. The topological polar surface area (TPSA) is 49.9 Å². The Morgan fingerprint density at radius 2 is 1.69 bits per heavy atom. The molecule has 0 bridgehead atoms. The molecule has 1 aromatic carbocycles. The van der Waals surface area contributed by atoms with Crippen LogP contribution in [0.5, 0.6) is 0 Å². The molecule has 2 amide bonds. The van der Waals surface area contributed by atoms with Gasteiger partial charge in [0.25, 0.3) is 0 Å². The highest BCUT2D eigenvalue weighted by Gasteiger charge is 2.42. The molecule has 0 aromatic heterocycles. The quantitative estimate of drug-likeness (QED) is 0.668. The number of thioether (sulfide) groups is 1. The first kappa shape index (κ1) is 21.9. The van der Waals surface area contributed by atoms with Crippen LogP contribution >= 0.6 is 11.8 Å². The van der Waals surface area contributed by atoms with Crippen LogP contribution in [0.1, 0.15) is 46.5 Å². The summed E-state index contributed by atoms with van der Waals surface area (Å²) in [6.45, 7) is 6.83. The monoisotopic (exact) mass is 426 g/mol. The molecule has 0 radical (unpaired) electrons. The molecule has 2 aliphatic rings. The van der Waals surface area contributed by atoms with Gasteiger partial charge in [-0.05, 0) is 64.7 Å². The molecule has 2 heterocycles. The lowest BCUT2D eigenvalue weighted by atomic mass is 10.0. The zero-order valence-corrected chi connectivity index (χ0v) is 17.9. The van der Waals surface area contributed by atoms with Crippen molar-refractivity contribution in [1.29, 1.82) is 0 Å². The Labute approximate surface area is 174 Å². The Morgan fingerprint density at radius 3 is 2.31 bits per heavy atom. The van der Waals surface area contributed by atoms with E-state index in [1.54, 1.807) is 4.90 Å². The van der Waals surface area contributed by atoms with Gasteiger partial charge in [0, 0.05) is 18.0 Å². The summed E-state index contributed by atoms with van der Waals surface area (Å²) in [6.07, 6.45) is 3.17. The Kier molecular flexibility index (Phi) is 6.71. The van der Waals surface area contributed by atoms with Gasteiger partial charge in [-0.15, -0.1) is 11.8 Å². The van der Waals surface area contributed by atoms with Crippen molar-refractivity contribution in [2.45, 2.75) is 69.0 Å². The molecule has 0 saturated carbocycles. The number of amides is 2. The molecule has 2 aliphatic heterocycles. The Bertz CT molecular complexity index is 769. The highest BCUT2D eigenvalue weighted by molar-refractivity contribution is 8.00. The zero-order valence-electron chi connectivity index (χ0n) is 17.1. The lowest BCUT2D eigenvalue weighted by Gasteiger charge is -2.35. The molecule has 2 fully saturated rings. The number of hydrogen-bond acceptors (Lipinski definition) is 4. The van der Waals surface area contributed by atoms with Crippen molar-refractivity contribution < 1.29 is 23.1 Å². The first-order valence-corrected chi connectivity index (χ1v) is 11.0. The van der Waals surface area contributed by atoms with Gasteiger partial charge in [-0.1, -0.05) is 0 Å². The fourth-order valence-corrected chi connectivity index (χ4v) is 4.84. The number of carbonyl (C=O) groups is 2. The van der Waals surface area contributed by atoms with Crippen molar-refractivity contribution in [2.24, 2.45) is 0 Å². The summed E-state index contributed by atoms with van der Waals surface area (Å²) in [6, 6.07) is 3.58. The average Bonchev–Trinajstić information content (AvgIpc) is 3.29. The number of rotatable bonds is 4. The third kappa shape index (κ3) is 5.41. The standard InChI is InChI=1S/C21H28F2N2O3S/c1-21(2,3)28-20(27)25-11-5-7-18(25)17-6-4-10-24(17)19(26)13-29-14-8-9-15(22)16(23)12-14/h8-9,12,17-18H,4-7,10-11,13H2,1-3H3. The second-order valence-corrected chi connectivity index (χ2v) is 9.59. The number of likely N-dealkylation sites (tertiary alicyclic amines) is 2. The first-order valence-electron chi connectivity index (χ1n) is 10.0. The van der Waals surface area contributed by atoms with Crippen LogP contribution in [0.4, 0.5) is 13.6 Å². The molecule has 8 heteroatoms. The largest absolute Gasteiger partial charge is 0.444 e. The maximum Gasteiger partial charge on any atom is 0.410 e. The smallest absolute Gasteiger partial charge is 0.410 e. The molecule has 160 valence electrons. The van der Waals surface area contributed by atoms with Crippen molar-refractivity contribution in [3.05, 3.63) is 29.8 Å². The van der Waals surface area contributed by atoms with Crippen LogP contribution < -0.4 is 0 Å². The highest BCUT2D eigenvalue weighted by Crippen LogP contribution is 2.32. The van der Waals surface area contributed by atoms with E-state index in [0.717, 1.165) is 37.8 Å². The molecule has 2 atom stereocenters. The second-order valence-electron chi connectivity index (χ2n) is 8.54. The van der Waals surface area contributed by atoms with Crippen LogP contribution in [0.15, 0.2) is 23.1 Å². The van der Waals surface area contributed by atoms with Gasteiger partial charge in [0.05, 0.1) is 17.8 Å². The Hall–Kier alpha value is -1.83. The maximum atomic E-state index is 13.4. The van der Waals surface area contributed by atoms with Crippen molar-refractivity contribution in [3.8, 4) is 0 Å². The van der Waals surface area contributed by atoms with Crippen LogP contribution in [0.25, 0.3) is 0 Å². The number of ether oxygens (including phenoxy) is 1. The van der Waals surface area contributed by atoms with Gasteiger partial charge in [0.2, 0.25) is 5.91 Å². The van der Waals surface area contributed by atoms with Crippen molar-refractivity contribution in [1.82, 2.24) is 9.80 Å². The van der Waals surface area contributed by atoms with E-state index in [9.17, 15) is 18.4 Å². The highest BCUT2D eigenvalue weighted by atomic mass is 32.2. The summed E-state index contributed by atoms with van der Waals surface area (Å²) < 4.78 is 32.0. The number of hydrogen-bond donors (Lipinski definition) is 0. The number of carbonyl (C=O) groups excluding carboxylic acids is 2. The normalized spacial score (nSPS) is 22.2. The van der Waals surface area contributed by atoms with Gasteiger partial charge < -0.3 is 14.5 Å². The van der Waals surface area contributed by atoms with E-state index in [1.165, 1.54) is 17.8 Å². The third-order valence-electron chi connectivity index (χ3n) is 5.24. The Balaban J connectivity index is 1.63. The van der Waals surface area contributed by atoms with Crippen LogP contribution in [0.3, 0.4) is 0 Å². The molecular formula is C21H28F2N2O3S. The minimum Gasteiger partial charge on any atom is -0.444 e. The van der Waals surface area contributed by atoms with Gasteiger partial charge in [0.1, 0.15) is 5.60 Å². The van der Waals surface area contributed by atoms with Gasteiger partial charge >= 0.3 is 6.09 Å². The van der Waals surface area contributed by atoms with E-state index in [1.807, 2.05) is 25.7 Å². The molecule has 3 rings (SSSR count). The summed E-state index contributed by atoms with van der Waals surface area (Å²) in [4.78, 5) is 29.6. The van der Waals surface area contributed by atoms with Crippen molar-refractivity contribution in [3.63, 3.8) is 0 Å². The molecule has 2 unspecified atom stereocenters. The van der Waals surface area contributed by atoms with E-state index in [4.69, 9.17) is 4.74 Å². The number of nitrogens with zero attached hydrogens (tertiary/aromatic N) is 2. The van der Waals surface area contributed by atoms with E-state index < -0.39 is 17.2 Å².